The highest BCUT2D eigenvalue weighted by atomic mass is 35.5. The highest BCUT2D eigenvalue weighted by Crippen LogP contribution is 2.41. The second-order valence-corrected chi connectivity index (χ2v) is 5.28. The second-order valence-electron chi connectivity index (χ2n) is 4.90. The number of carbonyl (C=O) groups excluding carboxylic acids is 1. The van der Waals surface area contributed by atoms with Crippen LogP contribution in [-0.2, 0) is 14.4 Å². The fourth-order valence-corrected chi connectivity index (χ4v) is 2.37. The molecule has 0 aromatic heterocycles. The van der Waals surface area contributed by atoms with Crippen molar-refractivity contribution < 1.29 is 43.4 Å². The smallest absolute Gasteiger partial charge is 0.430 e. The molecule has 1 heterocycles. The minimum Gasteiger partial charge on any atom is -0.475 e. The van der Waals surface area contributed by atoms with Gasteiger partial charge in [-0.2, -0.15) is 13.2 Å². The lowest BCUT2D eigenvalue weighted by atomic mass is 9.96. The number of hydrogen-bond acceptors (Lipinski definition) is 6. The summed E-state index contributed by atoms with van der Waals surface area (Å²) in [6, 6.07) is 1.39. The zero-order valence-corrected chi connectivity index (χ0v) is 14.1. The molecule has 0 radical (unpaired) electrons. The molecule has 11 heteroatoms. The van der Waals surface area contributed by atoms with E-state index in [0.29, 0.717) is 21.7 Å². The number of quaternary nitrogens is 1. The molecule has 25 heavy (non-hydrogen) atoms. The summed E-state index contributed by atoms with van der Waals surface area (Å²) in [6.07, 6.45) is -6.18. The Morgan fingerprint density at radius 3 is 2.56 bits per heavy atom. The van der Waals surface area contributed by atoms with Gasteiger partial charge in [0, 0.05) is 10.6 Å². The number of alkyl halides is 3. The number of ether oxygens (including phenoxy) is 2. The molecule has 1 aromatic rings. The van der Waals surface area contributed by atoms with Gasteiger partial charge in [-0.3, -0.25) is 4.84 Å². The van der Waals surface area contributed by atoms with Gasteiger partial charge in [0.25, 0.3) is 0 Å². The molecule has 1 aliphatic heterocycles. The monoisotopic (exact) mass is 385 g/mol. The Bertz CT molecular complexity index is 679. The van der Waals surface area contributed by atoms with Gasteiger partial charge < -0.3 is 9.47 Å². The van der Waals surface area contributed by atoms with E-state index in [9.17, 15) is 18.0 Å². The van der Waals surface area contributed by atoms with E-state index in [2.05, 4.69) is 15.5 Å². The Labute approximate surface area is 145 Å². The highest BCUT2D eigenvalue weighted by molar-refractivity contribution is 6.32. The summed E-state index contributed by atoms with van der Waals surface area (Å²) in [6.45, 7) is 2.59. The van der Waals surface area contributed by atoms with Crippen LogP contribution in [0.1, 0.15) is 16.7 Å². The fraction of sp³-hybridized carbons (Fsp3) is 0.357. The van der Waals surface area contributed by atoms with Crippen LogP contribution in [-0.4, -0.2) is 30.2 Å². The third-order valence-electron chi connectivity index (χ3n) is 3.31. The Hall–Kier alpha value is -1.85. The van der Waals surface area contributed by atoms with Gasteiger partial charge in [-0.15, -0.1) is 0 Å². The first-order chi connectivity index (χ1) is 11.7. The first kappa shape index (κ1) is 21.2. The first-order valence-corrected chi connectivity index (χ1v) is 7.09. The topological polar surface area (TPSA) is 119 Å². The third-order valence-corrected chi connectivity index (χ3v) is 3.89. The predicted octanol–water partition coefficient (Wildman–Crippen LogP) is 1.67. The molecular weight excluding hydrogens is 369 g/mol. The second kappa shape index (κ2) is 8.50. The lowest BCUT2D eigenvalue weighted by Gasteiger charge is -2.29. The van der Waals surface area contributed by atoms with E-state index in [1.165, 1.54) is 6.07 Å². The minimum atomic E-state index is -4.80. The van der Waals surface area contributed by atoms with E-state index >= 15 is 0 Å². The van der Waals surface area contributed by atoms with Crippen LogP contribution in [0.2, 0.25) is 5.02 Å². The van der Waals surface area contributed by atoms with Crippen molar-refractivity contribution in [2.75, 3.05) is 6.79 Å². The molecule has 0 aliphatic carbocycles. The Balaban J connectivity index is 0.00000151. The van der Waals surface area contributed by atoms with E-state index in [4.69, 9.17) is 27.4 Å². The van der Waals surface area contributed by atoms with Crippen LogP contribution in [0.4, 0.5) is 13.2 Å². The van der Waals surface area contributed by atoms with E-state index in [1.807, 2.05) is 0 Å². The lowest BCUT2D eigenvalue weighted by molar-refractivity contribution is -0.670. The summed E-state index contributed by atoms with van der Waals surface area (Å²) < 4.78 is 49.1. The van der Waals surface area contributed by atoms with Crippen LogP contribution in [0.3, 0.4) is 0 Å². The quantitative estimate of drug-likeness (QED) is 0.414. The molecule has 0 amide bonds. The predicted molar refractivity (Wildman–Crippen MR) is 80.3 cm³/mol. The Morgan fingerprint density at radius 1 is 1.44 bits per heavy atom. The molecular formula is C14H17ClF3N2O5+. The van der Waals surface area contributed by atoms with Crippen LogP contribution in [0.5, 0.6) is 5.75 Å². The van der Waals surface area contributed by atoms with Crippen molar-refractivity contribution in [2.24, 2.45) is 5.90 Å². The highest BCUT2D eigenvalue weighted by Gasteiger charge is 2.49. The van der Waals surface area contributed by atoms with Gasteiger partial charge in [-0.25, -0.2) is 21.8 Å². The maximum absolute atomic E-state index is 13.2. The van der Waals surface area contributed by atoms with Crippen molar-refractivity contribution in [1.82, 2.24) is 0 Å². The van der Waals surface area contributed by atoms with Gasteiger partial charge in [0.15, 0.2) is 0 Å². The van der Waals surface area contributed by atoms with Crippen molar-refractivity contribution in [2.45, 2.75) is 26.1 Å². The third kappa shape index (κ3) is 4.61. The average molecular weight is 386 g/mol. The van der Waals surface area contributed by atoms with Gasteiger partial charge in [-0.05, 0) is 37.1 Å². The molecule has 0 bridgehead atoms. The summed E-state index contributed by atoms with van der Waals surface area (Å²) >= 11 is 6.09. The SMILES string of the molecule is Cc1cc2c(c(C)c1Cl)C=C(C(=O)OCON)C(C(F)(F)F)O2.[NH3+]O. The van der Waals surface area contributed by atoms with E-state index < -0.39 is 30.6 Å². The van der Waals surface area contributed by atoms with E-state index in [-0.39, 0.29) is 5.75 Å². The standard InChI is InChI=1S/C14H13ClF3NO4.H4NO/c1-6-3-10-8(7(2)11(6)15)4-9(13(20)21-5-22-19)12(23-10)14(16,17)18;1-2/h3-4,12H,5,19H2,1-2H3;2H,1H3/q;+1. The van der Waals surface area contributed by atoms with Gasteiger partial charge in [-0.1, -0.05) is 11.6 Å². The Kier molecular flexibility index (Phi) is 7.20. The van der Waals surface area contributed by atoms with Crippen LogP contribution >= 0.6 is 11.6 Å². The number of fused-ring (bicyclic) bond motifs is 1. The van der Waals surface area contributed by atoms with Gasteiger partial charge in [0.05, 0.1) is 5.57 Å². The molecule has 1 unspecified atom stereocenters. The largest absolute Gasteiger partial charge is 0.475 e. The van der Waals surface area contributed by atoms with Gasteiger partial charge in [0.1, 0.15) is 5.75 Å². The van der Waals surface area contributed by atoms with Crippen molar-refractivity contribution in [3.05, 3.63) is 33.4 Å². The molecule has 2 rings (SSSR count). The summed E-state index contributed by atoms with van der Waals surface area (Å²) in [4.78, 5) is 15.9. The van der Waals surface area contributed by atoms with Gasteiger partial charge >= 0.3 is 12.1 Å². The molecule has 1 atom stereocenters. The number of rotatable bonds is 3. The Morgan fingerprint density at radius 2 is 2.04 bits per heavy atom. The van der Waals surface area contributed by atoms with Gasteiger partial charge in [0.2, 0.25) is 12.9 Å². The zero-order valence-electron chi connectivity index (χ0n) is 13.3. The number of esters is 1. The summed E-state index contributed by atoms with van der Waals surface area (Å²) in [5.41, 5.74) is 0.661. The summed E-state index contributed by atoms with van der Waals surface area (Å²) in [7, 11) is 0. The van der Waals surface area contributed by atoms with Crippen molar-refractivity contribution in [3.8, 4) is 5.75 Å². The molecule has 0 spiro atoms. The van der Waals surface area contributed by atoms with Crippen LogP contribution < -0.4 is 16.5 Å². The summed E-state index contributed by atoms with van der Waals surface area (Å²) in [5, 5.41) is 7.13. The molecule has 140 valence electrons. The molecule has 7 nitrogen and oxygen atoms in total. The molecule has 0 saturated heterocycles. The lowest BCUT2D eigenvalue weighted by Crippen LogP contribution is -2.42. The molecule has 6 N–H and O–H groups in total. The average Bonchev–Trinajstić information content (AvgIpc) is 2.57. The number of aryl methyl sites for hydroxylation is 1. The van der Waals surface area contributed by atoms with Crippen molar-refractivity contribution >= 4 is 23.6 Å². The van der Waals surface area contributed by atoms with Crippen LogP contribution in [0, 0.1) is 13.8 Å². The number of nitrogens with two attached hydrogens (primary N) is 1. The maximum Gasteiger partial charge on any atom is 0.430 e. The molecule has 0 saturated carbocycles. The molecule has 1 aromatic carbocycles. The van der Waals surface area contributed by atoms with Crippen molar-refractivity contribution in [1.29, 1.82) is 0 Å². The number of benzene rings is 1. The zero-order chi connectivity index (χ0) is 19.4. The van der Waals surface area contributed by atoms with Crippen LogP contribution in [0.25, 0.3) is 6.08 Å². The number of halogens is 4. The minimum absolute atomic E-state index is 0.00153. The van der Waals surface area contributed by atoms with Crippen molar-refractivity contribution in [3.63, 3.8) is 0 Å². The fourth-order valence-electron chi connectivity index (χ4n) is 2.22. The van der Waals surface area contributed by atoms with Crippen LogP contribution in [0.15, 0.2) is 11.6 Å². The number of hydrogen-bond donors (Lipinski definition) is 3. The molecule has 1 aliphatic rings. The molecule has 0 fully saturated rings. The first-order valence-electron chi connectivity index (χ1n) is 6.72. The van der Waals surface area contributed by atoms with E-state index in [1.54, 1.807) is 13.8 Å². The normalized spacial score (nSPS) is 16.0. The maximum atomic E-state index is 13.2. The summed E-state index contributed by atoms with van der Waals surface area (Å²) in [5.74, 6) is 5.71. The van der Waals surface area contributed by atoms with E-state index in [0.717, 1.165) is 6.08 Å². The number of carbonyl (C=O) groups is 1.